The molecule has 8 nitrogen and oxygen atoms in total. The van der Waals surface area contributed by atoms with Crippen LogP contribution in [0.1, 0.15) is 44.2 Å². The SMILES string of the molecule is CCCCOc1ccc([C@]2(C)CC(c3ccc(OC)cc3)=C(C(=O)NS(C)(=O)=O)C(=O)N2)cc1. The Morgan fingerprint density at radius 3 is 2.26 bits per heavy atom. The first-order valence-electron chi connectivity index (χ1n) is 11.0. The number of benzene rings is 2. The van der Waals surface area contributed by atoms with E-state index < -0.39 is 27.4 Å². The minimum atomic E-state index is -3.86. The van der Waals surface area contributed by atoms with Crippen molar-refractivity contribution < 1.29 is 27.5 Å². The molecule has 0 fully saturated rings. The molecule has 1 heterocycles. The van der Waals surface area contributed by atoms with Crippen LogP contribution in [0.3, 0.4) is 0 Å². The highest BCUT2D eigenvalue weighted by molar-refractivity contribution is 7.89. The Hall–Kier alpha value is -3.33. The predicted molar refractivity (Wildman–Crippen MR) is 130 cm³/mol. The summed E-state index contributed by atoms with van der Waals surface area (Å²) >= 11 is 0. The maximum atomic E-state index is 13.2. The van der Waals surface area contributed by atoms with Crippen molar-refractivity contribution in [3.8, 4) is 11.5 Å². The number of methoxy groups -OCH3 is 1. The first-order chi connectivity index (χ1) is 16.1. The van der Waals surface area contributed by atoms with Gasteiger partial charge in [0, 0.05) is 6.42 Å². The Balaban J connectivity index is 2.01. The molecule has 182 valence electrons. The van der Waals surface area contributed by atoms with E-state index in [1.807, 2.05) is 35.9 Å². The molecule has 1 aliphatic rings. The van der Waals surface area contributed by atoms with Gasteiger partial charge < -0.3 is 14.8 Å². The van der Waals surface area contributed by atoms with Gasteiger partial charge >= 0.3 is 0 Å². The van der Waals surface area contributed by atoms with E-state index in [1.165, 1.54) is 0 Å². The molecule has 9 heteroatoms. The molecule has 0 saturated heterocycles. The number of carbonyl (C=O) groups is 2. The molecule has 1 aliphatic heterocycles. The van der Waals surface area contributed by atoms with Crippen molar-refractivity contribution in [2.24, 2.45) is 0 Å². The average Bonchev–Trinajstić information content (AvgIpc) is 2.78. The molecule has 34 heavy (non-hydrogen) atoms. The van der Waals surface area contributed by atoms with Crippen LogP contribution in [0.25, 0.3) is 5.57 Å². The van der Waals surface area contributed by atoms with E-state index in [0.717, 1.165) is 30.4 Å². The summed E-state index contributed by atoms with van der Waals surface area (Å²) in [5, 5.41) is 2.90. The Bertz CT molecular complexity index is 1190. The summed E-state index contributed by atoms with van der Waals surface area (Å²) in [4.78, 5) is 26.0. The summed E-state index contributed by atoms with van der Waals surface area (Å²) in [7, 11) is -2.31. The van der Waals surface area contributed by atoms with Gasteiger partial charge in [0.25, 0.3) is 11.8 Å². The third-order valence-corrected chi connectivity index (χ3v) is 6.21. The first-order valence-corrected chi connectivity index (χ1v) is 12.9. The maximum absolute atomic E-state index is 13.2. The molecule has 0 radical (unpaired) electrons. The average molecular weight is 487 g/mol. The van der Waals surface area contributed by atoms with Gasteiger partial charge in [0.1, 0.15) is 17.1 Å². The van der Waals surface area contributed by atoms with Crippen molar-refractivity contribution in [3.05, 3.63) is 65.2 Å². The van der Waals surface area contributed by atoms with E-state index in [2.05, 4.69) is 12.2 Å². The minimum absolute atomic E-state index is 0.229. The molecule has 3 rings (SSSR count). The van der Waals surface area contributed by atoms with Crippen LogP contribution in [0, 0.1) is 0 Å². The van der Waals surface area contributed by atoms with E-state index in [4.69, 9.17) is 9.47 Å². The highest BCUT2D eigenvalue weighted by Crippen LogP contribution is 2.39. The van der Waals surface area contributed by atoms with Gasteiger partial charge in [-0.3, -0.25) is 9.59 Å². The van der Waals surface area contributed by atoms with Crippen molar-refractivity contribution in [1.29, 1.82) is 0 Å². The van der Waals surface area contributed by atoms with Crippen LogP contribution >= 0.6 is 0 Å². The second-order valence-corrected chi connectivity index (χ2v) is 10.2. The molecule has 2 aromatic carbocycles. The first kappa shape index (κ1) is 25.3. The van der Waals surface area contributed by atoms with Crippen LogP contribution in [-0.4, -0.2) is 40.2 Å². The number of sulfonamides is 1. The zero-order chi connectivity index (χ0) is 24.9. The second kappa shape index (κ2) is 10.3. The molecular formula is C25H30N2O6S. The standard InChI is InChI=1S/C25H30N2O6S/c1-5-6-15-33-20-13-9-18(10-14-20)25(2)16-21(17-7-11-19(32-3)12-8-17)22(23(28)26-25)24(29)27-34(4,30)31/h7-14H,5-6,15-16H2,1-4H3,(H,26,28)(H,27,29)/t25-/m0/s1. The van der Waals surface area contributed by atoms with Crippen molar-refractivity contribution in [2.75, 3.05) is 20.0 Å². The van der Waals surface area contributed by atoms with Gasteiger partial charge in [-0.25, -0.2) is 13.1 Å². The van der Waals surface area contributed by atoms with Gasteiger partial charge in [-0.15, -0.1) is 0 Å². The van der Waals surface area contributed by atoms with E-state index >= 15 is 0 Å². The topological polar surface area (TPSA) is 111 Å². The Labute approximate surface area is 200 Å². The largest absolute Gasteiger partial charge is 0.497 e. The fraction of sp³-hybridized carbons (Fsp3) is 0.360. The Morgan fingerprint density at radius 1 is 1.09 bits per heavy atom. The van der Waals surface area contributed by atoms with Gasteiger partial charge in [-0.1, -0.05) is 37.6 Å². The van der Waals surface area contributed by atoms with Gasteiger partial charge in [-0.2, -0.15) is 0 Å². The minimum Gasteiger partial charge on any atom is -0.497 e. The van der Waals surface area contributed by atoms with Crippen LogP contribution < -0.4 is 19.5 Å². The summed E-state index contributed by atoms with van der Waals surface area (Å²) in [5.41, 5.74) is 0.839. The molecule has 0 unspecified atom stereocenters. The van der Waals surface area contributed by atoms with Gasteiger partial charge in [0.2, 0.25) is 10.0 Å². The molecule has 2 N–H and O–H groups in total. The number of hydrogen-bond acceptors (Lipinski definition) is 6. The van der Waals surface area contributed by atoms with Crippen molar-refractivity contribution in [3.63, 3.8) is 0 Å². The quantitative estimate of drug-likeness (QED) is 0.416. The number of nitrogens with one attached hydrogen (secondary N) is 2. The number of hydrogen-bond donors (Lipinski definition) is 2. The van der Waals surface area contributed by atoms with Crippen LogP contribution in [0.5, 0.6) is 11.5 Å². The number of unbranched alkanes of at least 4 members (excludes halogenated alkanes) is 1. The lowest BCUT2D eigenvalue weighted by Gasteiger charge is -2.37. The molecular weight excluding hydrogens is 456 g/mol. The Kier molecular flexibility index (Phi) is 7.66. The van der Waals surface area contributed by atoms with Gasteiger partial charge in [0.05, 0.1) is 25.5 Å². The van der Waals surface area contributed by atoms with Crippen molar-refractivity contribution in [1.82, 2.24) is 10.0 Å². The zero-order valence-electron chi connectivity index (χ0n) is 19.8. The maximum Gasteiger partial charge on any atom is 0.270 e. The molecule has 0 aliphatic carbocycles. The second-order valence-electron chi connectivity index (χ2n) is 8.47. The van der Waals surface area contributed by atoms with Crippen LogP contribution in [-0.2, 0) is 25.2 Å². The van der Waals surface area contributed by atoms with Crippen LogP contribution in [0.2, 0.25) is 0 Å². The van der Waals surface area contributed by atoms with Crippen LogP contribution in [0.4, 0.5) is 0 Å². The number of carbonyl (C=O) groups excluding carboxylic acids is 2. The van der Waals surface area contributed by atoms with Gasteiger partial charge in [-0.05, 0) is 54.3 Å². The van der Waals surface area contributed by atoms with E-state index in [9.17, 15) is 18.0 Å². The molecule has 0 spiro atoms. The summed E-state index contributed by atoms with van der Waals surface area (Å²) < 4.78 is 36.2. The lowest BCUT2D eigenvalue weighted by atomic mass is 9.78. The summed E-state index contributed by atoms with van der Waals surface area (Å²) in [5.74, 6) is -0.258. The molecule has 1 atom stereocenters. The summed E-state index contributed by atoms with van der Waals surface area (Å²) in [6.45, 7) is 4.59. The number of amides is 2. The Morgan fingerprint density at radius 2 is 1.71 bits per heavy atom. The fourth-order valence-corrected chi connectivity index (χ4v) is 4.30. The van der Waals surface area contributed by atoms with E-state index in [1.54, 1.807) is 31.4 Å². The van der Waals surface area contributed by atoms with Crippen molar-refractivity contribution >= 4 is 27.4 Å². The third-order valence-electron chi connectivity index (χ3n) is 5.65. The predicted octanol–water partition coefficient (Wildman–Crippen LogP) is 3.14. The van der Waals surface area contributed by atoms with Gasteiger partial charge in [0.15, 0.2) is 0 Å². The number of rotatable bonds is 9. The van der Waals surface area contributed by atoms with Crippen molar-refractivity contribution in [2.45, 2.75) is 38.6 Å². The van der Waals surface area contributed by atoms with Crippen LogP contribution in [0.15, 0.2) is 54.1 Å². The summed E-state index contributed by atoms with van der Waals surface area (Å²) in [6.07, 6.45) is 3.14. The van der Waals surface area contributed by atoms with E-state index in [0.29, 0.717) is 23.5 Å². The lowest BCUT2D eigenvalue weighted by molar-refractivity contribution is -0.124. The highest BCUT2D eigenvalue weighted by atomic mass is 32.2. The highest BCUT2D eigenvalue weighted by Gasteiger charge is 2.40. The molecule has 2 amide bonds. The van der Waals surface area contributed by atoms with E-state index in [-0.39, 0.29) is 12.0 Å². The summed E-state index contributed by atoms with van der Waals surface area (Å²) in [6, 6.07) is 14.4. The number of ether oxygens (including phenoxy) is 2. The lowest BCUT2D eigenvalue weighted by Crippen LogP contribution is -2.50. The zero-order valence-corrected chi connectivity index (χ0v) is 20.6. The normalized spacial score (nSPS) is 18.3. The monoisotopic (exact) mass is 486 g/mol. The molecule has 2 aromatic rings. The molecule has 0 aromatic heterocycles. The third kappa shape index (κ3) is 5.96. The smallest absolute Gasteiger partial charge is 0.270 e. The molecule has 0 bridgehead atoms. The fourth-order valence-electron chi connectivity index (χ4n) is 3.86. The molecule has 0 saturated carbocycles.